The van der Waals surface area contributed by atoms with Gasteiger partial charge in [0.25, 0.3) is 0 Å². The van der Waals surface area contributed by atoms with E-state index in [4.69, 9.17) is 4.74 Å². The first kappa shape index (κ1) is 12.4. The highest BCUT2D eigenvalue weighted by atomic mass is 16.5. The lowest BCUT2D eigenvalue weighted by Crippen LogP contribution is -2.23. The monoisotopic (exact) mass is 233 g/mol. The Labute approximate surface area is 104 Å². The Balaban J connectivity index is 2.11. The molecule has 1 aliphatic carbocycles. The van der Waals surface area contributed by atoms with E-state index in [2.05, 4.69) is 37.5 Å². The molecule has 0 bridgehead atoms. The third-order valence-corrected chi connectivity index (χ3v) is 3.98. The van der Waals surface area contributed by atoms with Crippen molar-refractivity contribution in [3.8, 4) is 5.75 Å². The molecule has 0 saturated heterocycles. The van der Waals surface area contributed by atoms with Crippen LogP contribution in [0.4, 0.5) is 0 Å². The van der Waals surface area contributed by atoms with Crippen molar-refractivity contribution in [3.63, 3.8) is 0 Å². The lowest BCUT2D eigenvalue weighted by atomic mass is 9.79. The van der Waals surface area contributed by atoms with Crippen molar-refractivity contribution in [1.82, 2.24) is 5.32 Å². The van der Waals surface area contributed by atoms with E-state index in [-0.39, 0.29) is 0 Å². The maximum atomic E-state index is 5.40. The van der Waals surface area contributed by atoms with Gasteiger partial charge in [-0.2, -0.15) is 0 Å². The number of hydrogen-bond acceptors (Lipinski definition) is 2. The van der Waals surface area contributed by atoms with Gasteiger partial charge in [-0.25, -0.2) is 0 Å². The van der Waals surface area contributed by atoms with E-state index in [1.165, 1.54) is 36.8 Å². The van der Waals surface area contributed by atoms with Gasteiger partial charge in [0.05, 0.1) is 7.11 Å². The minimum atomic E-state index is 0.467. The first-order chi connectivity index (χ1) is 8.24. The summed E-state index contributed by atoms with van der Waals surface area (Å²) in [5.41, 5.74) is 2.55. The average Bonchev–Trinajstić information content (AvgIpc) is 2.29. The fourth-order valence-corrected chi connectivity index (χ4v) is 2.54. The summed E-state index contributed by atoms with van der Waals surface area (Å²) in [6, 6.07) is 7.02. The van der Waals surface area contributed by atoms with Crippen molar-refractivity contribution in [2.75, 3.05) is 14.2 Å². The zero-order chi connectivity index (χ0) is 12.3. The Bertz CT molecular complexity index is 371. The summed E-state index contributed by atoms with van der Waals surface area (Å²) in [4.78, 5) is 0. The molecule has 0 aliphatic heterocycles. The molecule has 1 N–H and O–H groups in total. The van der Waals surface area contributed by atoms with Gasteiger partial charge in [-0.15, -0.1) is 0 Å². The predicted octanol–water partition coefficient (Wildman–Crippen LogP) is 3.45. The highest BCUT2D eigenvalue weighted by Gasteiger charge is 2.22. The Hall–Kier alpha value is -1.02. The molecule has 1 aromatic carbocycles. The Kier molecular flexibility index (Phi) is 4.06. The van der Waals surface area contributed by atoms with Crippen molar-refractivity contribution in [2.45, 2.75) is 38.6 Å². The third-order valence-electron chi connectivity index (χ3n) is 3.98. The molecule has 1 fully saturated rings. The molecular formula is C15H23NO. The molecule has 1 aromatic rings. The van der Waals surface area contributed by atoms with Crippen molar-refractivity contribution >= 4 is 0 Å². The second-order valence-corrected chi connectivity index (χ2v) is 5.10. The van der Waals surface area contributed by atoms with E-state index < -0.39 is 0 Å². The third kappa shape index (κ3) is 2.81. The minimum Gasteiger partial charge on any atom is -0.496 e. The fraction of sp³-hybridized carbons (Fsp3) is 0.600. The van der Waals surface area contributed by atoms with Gasteiger partial charge in [0, 0.05) is 6.04 Å². The highest BCUT2D eigenvalue weighted by molar-refractivity contribution is 5.37. The van der Waals surface area contributed by atoms with Crippen LogP contribution in [0.1, 0.15) is 42.9 Å². The Morgan fingerprint density at radius 3 is 2.71 bits per heavy atom. The van der Waals surface area contributed by atoms with Gasteiger partial charge in [0.15, 0.2) is 0 Å². The Morgan fingerprint density at radius 2 is 2.18 bits per heavy atom. The topological polar surface area (TPSA) is 21.3 Å². The molecular weight excluding hydrogens is 210 g/mol. The molecule has 94 valence electrons. The van der Waals surface area contributed by atoms with E-state index in [0.717, 1.165) is 11.7 Å². The molecule has 1 saturated carbocycles. The van der Waals surface area contributed by atoms with Crippen LogP contribution in [-0.2, 0) is 0 Å². The predicted molar refractivity (Wildman–Crippen MR) is 71.5 cm³/mol. The van der Waals surface area contributed by atoms with Crippen molar-refractivity contribution < 1.29 is 4.74 Å². The molecule has 0 spiro atoms. The summed E-state index contributed by atoms with van der Waals surface area (Å²) >= 11 is 0. The van der Waals surface area contributed by atoms with Crippen LogP contribution in [0.25, 0.3) is 0 Å². The van der Waals surface area contributed by atoms with Gasteiger partial charge < -0.3 is 10.1 Å². The lowest BCUT2D eigenvalue weighted by molar-refractivity contribution is 0.265. The normalized spacial score (nSPS) is 17.6. The van der Waals surface area contributed by atoms with Gasteiger partial charge in [-0.1, -0.05) is 31.4 Å². The number of nitrogens with one attached hydrogen (secondary N) is 1. The summed E-state index contributed by atoms with van der Waals surface area (Å²) in [5, 5.41) is 3.43. The first-order valence-electron chi connectivity index (χ1n) is 6.56. The molecule has 1 atom stereocenters. The lowest BCUT2D eigenvalue weighted by Gasteiger charge is -2.30. The van der Waals surface area contributed by atoms with Crippen LogP contribution in [0.2, 0.25) is 0 Å². The molecule has 2 heteroatoms. The van der Waals surface area contributed by atoms with Gasteiger partial charge in [0.2, 0.25) is 0 Å². The van der Waals surface area contributed by atoms with Crippen LogP contribution in [0.3, 0.4) is 0 Å². The second-order valence-electron chi connectivity index (χ2n) is 5.10. The minimum absolute atomic E-state index is 0.467. The van der Waals surface area contributed by atoms with E-state index in [0.29, 0.717) is 6.04 Å². The molecule has 0 aromatic heterocycles. The van der Waals surface area contributed by atoms with E-state index in [1.54, 1.807) is 7.11 Å². The zero-order valence-electron chi connectivity index (χ0n) is 11.1. The fourth-order valence-electron chi connectivity index (χ4n) is 2.54. The average molecular weight is 233 g/mol. The van der Waals surface area contributed by atoms with Crippen LogP contribution < -0.4 is 10.1 Å². The largest absolute Gasteiger partial charge is 0.496 e. The van der Waals surface area contributed by atoms with Crippen LogP contribution in [0, 0.1) is 12.8 Å². The number of aryl methyl sites for hydroxylation is 1. The van der Waals surface area contributed by atoms with Gasteiger partial charge in [-0.3, -0.25) is 0 Å². The maximum Gasteiger partial charge on any atom is 0.122 e. The molecule has 1 aliphatic rings. The van der Waals surface area contributed by atoms with E-state index in [9.17, 15) is 0 Å². The standard InChI is InChI=1S/C15H23NO/c1-11-7-8-13(10-15(11)17-3)14(16-2)9-12-5-4-6-12/h7-8,10,12,14,16H,4-6,9H2,1-3H3. The number of rotatable bonds is 5. The summed E-state index contributed by atoms with van der Waals surface area (Å²) < 4.78 is 5.40. The van der Waals surface area contributed by atoms with Crippen LogP contribution in [0.15, 0.2) is 18.2 Å². The summed E-state index contributed by atoms with van der Waals surface area (Å²) in [5.74, 6) is 1.91. The zero-order valence-corrected chi connectivity index (χ0v) is 11.1. The number of methoxy groups -OCH3 is 1. The second kappa shape index (κ2) is 5.54. The summed E-state index contributed by atoms with van der Waals surface area (Å²) in [7, 11) is 3.79. The Morgan fingerprint density at radius 1 is 1.41 bits per heavy atom. The highest BCUT2D eigenvalue weighted by Crippen LogP contribution is 2.35. The van der Waals surface area contributed by atoms with E-state index in [1.807, 2.05) is 0 Å². The van der Waals surface area contributed by atoms with Crippen molar-refractivity contribution in [1.29, 1.82) is 0 Å². The molecule has 0 amide bonds. The SMILES string of the molecule is CNC(CC1CCC1)c1ccc(C)c(OC)c1. The smallest absolute Gasteiger partial charge is 0.122 e. The van der Waals surface area contributed by atoms with Crippen LogP contribution >= 0.6 is 0 Å². The van der Waals surface area contributed by atoms with Gasteiger partial charge in [0.1, 0.15) is 5.75 Å². The molecule has 2 rings (SSSR count). The van der Waals surface area contributed by atoms with E-state index >= 15 is 0 Å². The maximum absolute atomic E-state index is 5.40. The first-order valence-corrected chi connectivity index (χ1v) is 6.56. The van der Waals surface area contributed by atoms with Gasteiger partial charge in [-0.05, 0) is 43.5 Å². The van der Waals surface area contributed by atoms with Crippen molar-refractivity contribution in [3.05, 3.63) is 29.3 Å². The quantitative estimate of drug-likeness (QED) is 0.841. The molecule has 0 heterocycles. The molecule has 2 nitrogen and oxygen atoms in total. The number of hydrogen-bond donors (Lipinski definition) is 1. The number of ether oxygens (including phenoxy) is 1. The molecule has 17 heavy (non-hydrogen) atoms. The molecule has 1 unspecified atom stereocenters. The van der Waals surface area contributed by atoms with Crippen LogP contribution in [-0.4, -0.2) is 14.2 Å². The number of benzene rings is 1. The van der Waals surface area contributed by atoms with Crippen LogP contribution in [0.5, 0.6) is 5.75 Å². The molecule has 0 radical (unpaired) electrons. The van der Waals surface area contributed by atoms with Gasteiger partial charge >= 0.3 is 0 Å². The summed E-state index contributed by atoms with van der Waals surface area (Å²) in [6.45, 7) is 2.09. The summed E-state index contributed by atoms with van der Waals surface area (Å²) in [6.07, 6.45) is 5.48. The van der Waals surface area contributed by atoms with Crippen molar-refractivity contribution in [2.24, 2.45) is 5.92 Å².